The number of allylic oxidation sites excluding steroid dienone is 2. The summed E-state index contributed by atoms with van der Waals surface area (Å²) in [5.41, 5.74) is -2.96. The zero-order chi connectivity index (χ0) is 69.8. The van der Waals surface area contributed by atoms with Crippen LogP contribution in [0.2, 0.25) is 0 Å². The second-order valence-electron chi connectivity index (χ2n) is 30.8. The molecule has 0 unspecified atom stereocenters. The number of aliphatic hydroxyl groups is 19. The van der Waals surface area contributed by atoms with E-state index in [9.17, 15) is 102 Å². The Bertz CT molecular complexity index is 2660. The second kappa shape index (κ2) is 28.7. The molecule has 6 saturated heterocycles. The van der Waals surface area contributed by atoms with Crippen LogP contribution in [0.15, 0.2) is 11.6 Å². The van der Waals surface area contributed by atoms with Crippen molar-refractivity contribution >= 4 is 6.29 Å². The summed E-state index contributed by atoms with van der Waals surface area (Å²) in [6, 6.07) is 0. The first kappa shape index (κ1) is 75.3. The molecule has 10 fully saturated rings. The van der Waals surface area contributed by atoms with Gasteiger partial charge in [-0.15, -0.1) is 0 Å². The van der Waals surface area contributed by atoms with Gasteiger partial charge < -0.3 is 159 Å². The lowest BCUT2D eigenvalue weighted by molar-refractivity contribution is -0.392. The maximum atomic E-state index is 13.7. The molecule has 5 aliphatic carbocycles. The fourth-order valence-corrected chi connectivity index (χ4v) is 19.0. The Hall–Kier alpha value is -1.83. The SMILES string of the molecule is CC1(C)[C@@H](O[C@@H]2OC[C@H](O[C@@H]3O[C@H](CO)[C@@H](O)[C@H](O)[C@H]3O[C@@H]3OC[C@@H](O)[C@H](O)[C@H]3O)[C@H](O)[C@H]2O[C@@H]2O[C@H](CO)[C@@H](O)[C@H](O)[C@H]2O)CC[C@]2(C)[C@H]3CC=C4[C@@H]5C[C@@](C)(CO[C@@H]6O[C@H](CO)[C@@H](O)[C@H](O)[C@H]6O[C@@H]6O[C@H](CO)[C@@H](O)[C@H](O)[C@H]6O)CC[C@]5(C=O)[C@H](O)C[C@@]4(C)[C@]3(C)CC[C@@H]12. The van der Waals surface area contributed by atoms with Gasteiger partial charge >= 0.3 is 0 Å². The van der Waals surface area contributed by atoms with Crippen LogP contribution in [0.1, 0.15) is 99.3 Å². The number of carbonyl (C=O) groups excluding carboxylic acids is 1. The lowest BCUT2D eigenvalue weighted by Gasteiger charge is -2.71. The number of hydrogen-bond donors (Lipinski definition) is 19. The van der Waals surface area contributed by atoms with Crippen LogP contribution >= 0.6 is 0 Å². The van der Waals surface area contributed by atoms with Crippen LogP contribution in [-0.2, 0) is 61.6 Å². The minimum absolute atomic E-state index is 0.0229. The smallest absolute Gasteiger partial charge is 0.187 e. The van der Waals surface area contributed by atoms with Crippen molar-refractivity contribution in [3.63, 3.8) is 0 Å². The van der Waals surface area contributed by atoms with Gasteiger partial charge in [-0.05, 0) is 103 Å². The number of rotatable bonds is 18. The molecule has 32 nitrogen and oxygen atoms in total. The molecule has 19 N–H and O–H groups in total. The van der Waals surface area contributed by atoms with Gasteiger partial charge in [0.15, 0.2) is 37.7 Å². The van der Waals surface area contributed by atoms with E-state index in [1.807, 2.05) is 6.92 Å². The van der Waals surface area contributed by atoms with Gasteiger partial charge in [0.2, 0.25) is 0 Å². The van der Waals surface area contributed by atoms with E-state index in [-0.39, 0.29) is 30.3 Å². The molecule has 6 heterocycles. The quantitative estimate of drug-likeness (QED) is 0.0345. The topological polar surface area (TPSA) is 512 Å². The molecule has 4 saturated carbocycles. The fourth-order valence-electron chi connectivity index (χ4n) is 19.0. The predicted octanol–water partition coefficient (Wildman–Crippen LogP) is -6.49. The van der Waals surface area contributed by atoms with Crippen molar-refractivity contribution in [1.82, 2.24) is 0 Å². The van der Waals surface area contributed by atoms with E-state index >= 15 is 0 Å². The average Bonchev–Trinajstić information content (AvgIpc) is 0.674. The van der Waals surface area contributed by atoms with Gasteiger partial charge in [0.1, 0.15) is 141 Å². The van der Waals surface area contributed by atoms with Crippen molar-refractivity contribution in [2.24, 2.45) is 50.2 Å². The van der Waals surface area contributed by atoms with Gasteiger partial charge in [0, 0.05) is 0 Å². The summed E-state index contributed by atoms with van der Waals surface area (Å²) in [6.07, 6.45) is -41.6. The highest BCUT2D eigenvalue weighted by molar-refractivity contribution is 5.64. The summed E-state index contributed by atoms with van der Waals surface area (Å²) < 4.78 is 72.8. The van der Waals surface area contributed by atoms with E-state index in [2.05, 4.69) is 40.7 Å². The van der Waals surface area contributed by atoms with Crippen molar-refractivity contribution in [2.45, 2.75) is 284 Å². The molecule has 0 bridgehead atoms. The lowest BCUT2D eigenvalue weighted by Crippen LogP contribution is -2.68. The van der Waals surface area contributed by atoms with Crippen molar-refractivity contribution < 1.29 is 159 Å². The molecule has 96 heavy (non-hydrogen) atoms. The molecular weight excluding hydrogens is 1280 g/mol. The lowest BCUT2D eigenvalue weighted by atomic mass is 9.33. The van der Waals surface area contributed by atoms with E-state index in [0.29, 0.717) is 51.4 Å². The number of fused-ring (bicyclic) bond motifs is 7. The van der Waals surface area contributed by atoms with Gasteiger partial charge in [-0.3, -0.25) is 0 Å². The van der Waals surface area contributed by atoms with E-state index < -0.39 is 257 Å². The summed E-state index contributed by atoms with van der Waals surface area (Å²) in [5.74, 6) is -0.478. The Labute approximate surface area is 555 Å². The highest BCUT2D eigenvalue weighted by atomic mass is 16.8. The Kier molecular flexibility index (Phi) is 22.5. The normalized spacial score (nSPS) is 55.2. The van der Waals surface area contributed by atoms with E-state index in [1.54, 1.807) is 0 Å². The maximum absolute atomic E-state index is 13.7. The number of aliphatic hydroxyl groups excluding tert-OH is 19. The third-order valence-corrected chi connectivity index (χ3v) is 25.1. The monoisotopic (exact) mass is 1380 g/mol. The van der Waals surface area contributed by atoms with Crippen molar-refractivity contribution in [2.75, 3.05) is 46.2 Å². The van der Waals surface area contributed by atoms with Crippen LogP contribution in [0.5, 0.6) is 0 Å². The van der Waals surface area contributed by atoms with Crippen LogP contribution in [0.4, 0.5) is 0 Å². The number of carbonyl (C=O) groups is 1. The van der Waals surface area contributed by atoms with E-state index in [0.717, 1.165) is 11.9 Å². The zero-order valence-corrected chi connectivity index (χ0v) is 54.8. The molecule has 11 aliphatic rings. The summed E-state index contributed by atoms with van der Waals surface area (Å²) >= 11 is 0. The zero-order valence-electron chi connectivity index (χ0n) is 54.8. The third kappa shape index (κ3) is 12.9. The second-order valence-corrected chi connectivity index (χ2v) is 30.8. The Morgan fingerprint density at radius 2 is 0.979 bits per heavy atom. The van der Waals surface area contributed by atoms with Gasteiger partial charge in [0.05, 0.1) is 63.9 Å². The first-order valence-corrected chi connectivity index (χ1v) is 33.8. The van der Waals surface area contributed by atoms with Gasteiger partial charge in [-0.1, -0.05) is 53.2 Å². The van der Waals surface area contributed by atoms with Crippen LogP contribution < -0.4 is 0 Å². The van der Waals surface area contributed by atoms with Gasteiger partial charge in [0.25, 0.3) is 0 Å². The Morgan fingerprint density at radius 3 is 1.54 bits per heavy atom. The molecule has 32 heteroatoms. The predicted molar refractivity (Wildman–Crippen MR) is 318 cm³/mol. The molecule has 552 valence electrons. The first-order chi connectivity index (χ1) is 45.2. The molecule has 11 rings (SSSR count). The van der Waals surface area contributed by atoms with Gasteiger partial charge in [-0.2, -0.15) is 0 Å². The molecule has 0 spiro atoms. The van der Waals surface area contributed by atoms with Gasteiger partial charge in [-0.25, -0.2) is 0 Å². The first-order valence-electron chi connectivity index (χ1n) is 33.8. The van der Waals surface area contributed by atoms with Crippen LogP contribution in [-0.4, -0.2) is 334 Å². The summed E-state index contributed by atoms with van der Waals surface area (Å²) in [4.78, 5) is 13.7. The minimum Gasteiger partial charge on any atom is -0.394 e. The highest BCUT2D eigenvalue weighted by Crippen LogP contribution is 2.76. The third-order valence-electron chi connectivity index (χ3n) is 25.1. The largest absolute Gasteiger partial charge is 0.394 e. The molecular formula is C64H104O32. The highest BCUT2D eigenvalue weighted by Gasteiger charge is 2.71. The number of ether oxygens (including phenoxy) is 12. The summed E-state index contributed by atoms with van der Waals surface area (Å²) in [6.45, 7) is 8.75. The van der Waals surface area contributed by atoms with E-state index in [1.165, 1.54) is 0 Å². The average molecular weight is 1390 g/mol. The molecule has 0 amide bonds. The molecule has 6 aliphatic heterocycles. The maximum Gasteiger partial charge on any atom is 0.187 e. The number of hydrogen-bond acceptors (Lipinski definition) is 32. The van der Waals surface area contributed by atoms with Crippen LogP contribution in [0, 0.1) is 50.2 Å². The summed E-state index contributed by atoms with van der Waals surface area (Å²) in [5, 5.41) is 206. The fraction of sp³-hybridized carbons (Fsp3) is 0.953. The molecule has 38 atom stereocenters. The Balaban J connectivity index is 0.821. The molecule has 0 radical (unpaired) electrons. The van der Waals surface area contributed by atoms with Crippen molar-refractivity contribution in [1.29, 1.82) is 0 Å². The minimum atomic E-state index is -1.96. The van der Waals surface area contributed by atoms with Crippen LogP contribution in [0.25, 0.3) is 0 Å². The van der Waals surface area contributed by atoms with Crippen LogP contribution in [0.3, 0.4) is 0 Å². The Morgan fingerprint density at radius 1 is 0.479 bits per heavy atom. The van der Waals surface area contributed by atoms with Crippen molar-refractivity contribution in [3.8, 4) is 0 Å². The molecule has 0 aromatic carbocycles. The van der Waals surface area contributed by atoms with E-state index in [4.69, 9.17) is 56.8 Å². The molecule has 0 aromatic rings. The van der Waals surface area contributed by atoms with Crippen molar-refractivity contribution in [3.05, 3.63) is 11.6 Å². The summed E-state index contributed by atoms with van der Waals surface area (Å²) in [7, 11) is 0. The standard InChI is InChI=1S/C64H104O32/c1-59(2)33-9-12-62(5)34(8-7-25-26-15-60(3,13-14-64(26,23-69)35(71)16-63(25,62)6)24-87-57-51(45(80)40(75)30(19-67)90-57)96-55-49(84)44(79)39(74)29(18-66)89-55)61(33,4)11-10-36(59)93-56-50(95-54-48(83)43(78)38(73)28(17-65)88-54)42(77)32(22-86-56)92-58-52(46(81)41(76)31(20-68)91-58)94-53-47(82)37(72)27(70)21-85-53/h7,23,26-58,65-68,70-84H,8-22,24H2,1-6H3/t26-,27+,28+,29+,30+,31+,32-,33-,34+,35+,36-,37-,38+,39+,40+,41+,42-,43-,44-,45-,46-,47+,48+,49+,50+,51+,52+,53-,54-,55-,56-,57+,58-,60-,61-,62+,63+,64+/m0/s1. The number of aldehydes is 1. The molecule has 0 aromatic heterocycles.